The highest BCUT2D eigenvalue weighted by atomic mass is 32.1. The first kappa shape index (κ1) is 17.3. The Kier molecular flexibility index (Phi) is 3.76. The molecule has 4 aromatic rings. The molecule has 3 N–H and O–H groups in total. The molecule has 0 bridgehead atoms. The Balaban J connectivity index is 1.56. The van der Waals surface area contributed by atoms with Gasteiger partial charge in [-0.1, -0.05) is 24.3 Å². The Morgan fingerprint density at radius 1 is 1.13 bits per heavy atom. The van der Waals surface area contributed by atoms with Crippen molar-refractivity contribution in [2.24, 2.45) is 0 Å². The number of nitrogens with one attached hydrogen (secondary N) is 1. The summed E-state index contributed by atoms with van der Waals surface area (Å²) >= 11 is 1.70. The highest BCUT2D eigenvalue weighted by Crippen LogP contribution is 2.45. The third kappa shape index (κ3) is 2.57. The summed E-state index contributed by atoms with van der Waals surface area (Å²) in [6, 6.07) is 13.7. The van der Waals surface area contributed by atoms with Gasteiger partial charge in [0.15, 0.2) is 5.78 Å². The normalized spacial score (nSPS) is 20.7. The molecule has 2 atom stereocenters. The van der Waals surface area contributed by atoms with Gasteiger partial charge >= 0.3 is 0 Å². The van der Waals surface area contributed by atoms with Crippen LogP contribution in [0.5, 0.6) is 0 Å². The molecule has 0 fully saturated rings. The Bertz CT molecular complexity index is 1320. The van der Waals surface area contributed by atoms with Gasteiger partial charge in [0.25, 0.3) is 0 Å². The first-order valence-electron chi connectivity index (χ1n) is 9.81. The summed E-state index contributed by atoms with van der Waals surface area (Å²) in [4.78, 5) is 23.6. The number of carbonyl (C=O) groups is 1. The van der Waals surface area contributed by atoms with E-state index in [1.807, 2.05) is 36.4 Å². The summed E-state index contributed by atoms with van der Waals surface area (Å²) in [6.07, 6.45) is 3.02. The number of para-hydroxylation sites is 1. The molecule has 2 unspecified atom stereocenters. The molecule has 0 spiro atoms. The highest BCUT2D eigenvalue weighted by molar-refractivity contribution is 7.10. The van der Waals surface area contributed by atoms with Crippen LogP contribution >= 0.6 is 11.3 Å². The van der Waals surface area contributed by atoms with E-state index in [4.69, 9.17) is 5.73 Å². The van der Waals surface area contributed by atoms with Gasteiger partial charge in [0.05, 0.1) is 5.52 Å². The standard InChI is InChI=1S/C22H18N6OS/c23-21-26-22-25-16-10-12(18-6-3-9-30-18)11-17(29)19(16)20(28(22)27-21)14-7-8-24-15-5-2-1-4-13(14)15/h1-9,12,20H,10-11H2,(H3,23,25,26,27). The maximum atomic E-state index is 13.5. The lowest BCUT2D eigenvalue weighted by Gasteiger charge is -2.35. The van der Waals surface area contributed by atoms with Crippen LogP contribution < -0.4 is 11.1 Å². The number of rotatable bonds is 2. The average molecular weight is 414 g/mol. The number of nitrogen functional groups attached to an aromatic ring is 1. The number of thiophene rings is 1. The van der Waals surface area contributed by atoms with Crippen LogP contribution in [0.1, 0.15) is 35.2 Å². The van der Waals surface area contributed by atoms with Gasteiger partial charge in [-0.15, -0.1) is 16.4 Å². The fourth-order valence-corrected chi connectivity index (χ4v) is 5.43. The molecule has 3 aromatic heterocycles. The van der Waals surface area contributed by atoms with Crippen molar-refractivity contribution >= 4 is 39.9 Å². The molecule has 6 rings (SSSR count). The number of nitrogens with zero attached hydrogens (tertiary/aromatic N) is 4. The Labute approximate surface area is 176 Å². The quantitative estimate of drug-likeness (QED) is 0.516. The van der Waals surface area contributed by atoms with Crippen molar-refractivity contribution in [3.63, 3.8) is 0 Å². The lowest BCUT2D eigenvalue weighted by Crippen LogP contribution is -2.33. The lowest BCUT2D eigenvalue weighted by atomic mass is 9.79. The number of Topliss-reactive ketones (excluding diaryl/α,β-unsaturated/α-hetero) is 1. The molecule has 1 aliphatic heterocycles. The highest BCUT2D eigenvalue weighted by Gasteiger charge is 2.40. The van der Waals surface area contributed by atoms with Crippen molar-refractivity contribution in [3.8, 4) is 0 Å². The van der Waals surface area contributed by atoms with E-state index in [-0.39, 0.29) is 23.7 Å². The van der Waals surface area contributed by atoms with Crippen LogP contribution in [0, 0.1) is 0 Å². The van der Waals surface area contributed by atoms with Crippen LogP contribution in [-0.2, 0) is 4.79 Å². The first-order valence-corrected chi connectivity index (χ1v) is 10.7. The smallest absolute Gasteiger partial charge is 0.241 e. The van der Waals surface area contributed by atoms with Gasteiger partial charge in [0.1, 0.15) is 6.04 Å². The Hall–Kier alpha value is -3.52. The number of hydrogen-bond donors (Lipinski definition) is 2. The minimum atomic E-state index is -0.384. The van der Waals surface area contributed by atoms with Gasteiger partial charge in [-0.05, 0) is 35.6 Å². The number of allylic oxidation sites excluding steroid dienone is 2. The number of benzene rings is 1. The molecule has 0 saturated heterocycles. The van der Waals surface area contributed by atoms with E-state index in [9.17, 15) is 4.79 Å². The molecule has 1 aromatic carbocycles. The van der Waals surface area contributed by atoms with Crippen LogP contribution in [0.2, 0.25) is 0 Å². The van der Waals surface area contributed by atoms with Gasteiger partial charge in [0.2, 0.25) is 11.9 Å². The van der Waals surface area contributed by atoms with E-state index in [1.165, 1.54) is 4.88 Å². The van der Waals surface area contributed by atoms with E-state index in [0.29, 0.717) is 12.4 Å². The van der Waals surface area contributed by atoms with Gasteiger partial charge < -0.3 is 11.1 Å². The summed E-state index contributed by atoms with van der Waals surface area (Å²) in [5.74, 6) is 1.05. The fourth-order valence-electron chi connectivity index (χ4n) is 4.60. The van der Waals surface area contributed by atoms with Gasteiger partial charge in [-0.25, -0.2) is 4.68 Å². The number of aromatic nitrogens is 4. The summed E-state index contributed by atoms with van der Waals surface area (Å²) < 4.78 is 1.74. The monoisotopic (exact) mass is 414 g/mol. The number of ketones is 1. The zero-order valence-corrected chi connectivity index (χ0v) is 16.8. The molecule has 0 amide bonds. The van der Waals surface area contributed by atoms with Crippen LogP contribution in [0.25, 0.3) is 10.9 Å². The molecule has 4 heterocycles. The predicted molar refractivity (Wildman–Crippen MR) is 116 cm³/mol. The maximum Gasteiger partial charge on any atom is 0.241 e. The van der Waals surface area contributed by atoms with Crippen molar-refractivity contribution in [1.29, 1.82) is 0 Å². The largest absolute Gasteiger partial charge is 0.366 e. The van der Waals surface area contributed by atoms with E-state index >= 15 is 0 Å². The average Bonchev–Trinajstić information content (AvgIpc) is 3.41. The Morgan fingerprint density at radius 2 is 2.03 bits per heavy atom. The molecule has 8 heteroatoms. The first-order chi connectivity index (χ1) is 14.7. The van der Waals surface area contributed by atoms with Gasteiger partial charge in [0, 0.05) is 40.1 Å². The molecule has 2 aliphatic rings. The topological polar surface area (TPSA) is 98.7 Å². The van der Waals surface area contributed by atoms with Crippen molar-refractivity contribution in [3.05, 3.63) is 75.8 Å². The molecule has 7 nitrogen and oxygen atoms in total. The summed E-state index contributed by atoms with van der Waals surface area (Å²) in [5, 5.41) is 10.8. The van der Waals surface area contributed by atoms with Crippen LogP contribution in [0.3, 0.4) is 0 Å². The molecular formula is C22H18N6OS. The van der Waals surface area contributed by atoms with Crippen LogP contribution in [0.15, 0.2) is 65.3 Å². The van der Waals surface area contributed by atoms with Crippen LogP contribution in [-0.4, -0.2) is 25.5 Å². The van der Waals surface area contributed by atoms with Crippen molar-refractivity contribution < 1.29 is 4.79 Å². The van der Waals surface area contributed by atoms with E-state index in [1.54, 1.807) is 22.2 Å². The van der Waals surface area contributed by atoms with Gasteiger partial charge in [-0.3, -0.25) is 9.78 Å². The minimum absolute atomic E-state index is 0.132. The third-order valence-corrected chi connectivity index (χ3v) is 6.89. The van der Waals surface area contributed by atoms with E-state index < -0.39 is 0 Å². The second-order valence-electron chi connectivity index (χ2n) is 7.62. The number of nitrogens with two attached hydrogens (primary N) is 1. The SMILES string of the molecule is Nc1nc2n(n1)C(c1ccnc3ccccc13)C1=C(CC(c3cccs3)CC1=O)N2. The van der Waals surface area contributed by atoms with Crippen molar-refractivity contribution in [2.45, 2.75) is 24.8 Å². The third-order valence-electron chi connectivity index (χ3n) is 5.86. The Morgan fingerprint density at radius 3 is 2.90 bits per heavy atom. The lowest BCUT2D eigenvalue weighted by molar-refractivity contribution is -0.116. The van der Waals surface area contributed by atoms with E-state index in [2.05, 4.69) is 31.8 Å². The molecule has 30 heavy (non-hydrogen) atoms. The van der Waals surface area contributed by atoms with E-state index in [0.717, 1.165) is 34.2 Å². The molecule has 0 saturated carbocycles. The van der Waals surface area contributed by atoms with Crippen molar-refractivity contribution in [2.75, 3.05) is 11.1 Å². The summed E-state index contributed by atoms with van der Waals surface area (Å²) in [5.41, 5.74) is 9.46. The molecular weight excluding hydrogens is 396 g/mol. The summed E-state index contributed by atoms with van der Waals surface area (Å²) in [6.45, 7) is 0. The zero-order chi connectivity index (χ0) is 20.2. The molecule has 1 aliphatic carbocycles. The maximum absolute atomic E-state index is 13.5. The van der Waals surface area contributed by atoms with Crippen LogP contribution in [0.4, 0.5) is 11.9 Å². The fraction of sp³-hybridized carbons (Fsp3) is 0.182. The number of anilines is 2. The minimum Gasteiger partial charge on any atom is -0.366 e. The number of pyridine rings is 1. The number of carbonyl (C=O) groups excluding carboxylic acids is 1. The molecule has 0 radical (unpaired) electrons. The number of fused-ring (bicyclic) bond motifs is 2. The second kappa shape index (κ2) is 6.50. The van der Waals surface area contributed by atoms with Crippen molar-refractivity contribution in [1.82, 2.24) is 19.7 Å². The predicted octanol–water partition coefficient (Wildman–Crippen LogP) is 3.89. The molecule has 148 valence electrons. The summed E-state index contributed by atoms with van der Waals surface area (Å²) in [7, 11) is 0. The number of hydrogen-bond acceptors (Lipinski definition) is 7. The zero-order valence-electron chi connectivity index (χ0n) is 15.9. The second-order valence-corrected chi connectivity index (χ2v) is 8.60. The van der Waals surface area contributed by atoms with Gasteiger partial charge in [-0.2, -0.15) is 4.98 Å².